The molecule has 1 aliphatic heterocycles. The minimum atomic E-state index is 0.145. The van der Waals surface area contributed by atoms with Gasteiger partial charge in [0, 0.05) is 31.1 Å². The molecule has 1 unspecified atom stereocenters. The van der Waals surface area contributed by atoms with Crippen LogP contribution in [0.1, 0.15) is 26.2 Å². The number of hydrogen-bond donors (Lipinski definition) is 1. The van der Waals surface area contributed by atoms with E-state index in [0.717, 1.165) is 38.0 Å². The van der Waals surface area contributed by atoms with Gasteiger partial charge < -0.3 is 15.0 Å². The topological polar surface area (TPSA) is 41.6 Å². The Morgan fingerprint density at radius 3 is 2.69 bits per heavy atom. The molecule has 0 radical (unpaired) electrons. The second-order valence-electron chi connectivity index (χ2n) is 6.45. The second kappa shape index (κ2) is 8.65. The summed E-state index contributed by atoms with van der Waals surface area (Å²) in [6.45, 7) is 3.23. The Balaban J connectivity index is 1.72. The van der Waals surface area contributed by atoms with Gasteiger partial charge in [0.2, 0.25) is 5.91 Å². The average Bonchev–Trinajstić information content (AvgIpc) is 2.85. The summed E-state index contributed by atoms with van der Waals surface area (Å²) in [4.78, 5) is 13.5. The Hall–Kier alpha value is -1.91. The quantitative estimate of drug-likeness (QED) is 0.735. The Morgan fingerprint density at radius 1 is 1.12 bits per heavy atom. The molecule has 0 spiro atoms. The van der Waals surface area contributed by atoms with Crippen LogP contribution in [0.5, 0.6) is 11.5 Å². The highest BCUT2D eigenvalue weighted by molar-refractivity contribution is 6.35. The van der Waals surface area contributed by atoms with Crippen LogP contribution in [0.4, 0.5) is 5.69 Å². The number of ether oxygens (including phenoxy) is 1. The summed E-state index contributed by atoms with van der Waals surface area (Å²) in [5, 5.41) is 4.61. The highest BCUT2D eigenvalue weighted by atomic mass is 35.5. The van der Waals surface area contributed by atoms with Crippen LogP contribution < -0.4 is 10.1 Å². The van der Waals surface area contributed by atoms with Gasteiger partial charge in [0.25, 0.3) is 0 Å². The van der Waals surface area contributed by atoms with Crippen LogP contribution in [0.15, 0.2) is 42.5 Å². The molecule has 26 heavy (non-hydrogen) atoms. The van der Waals surface area contributed by atoms with Gasteiger partial charge in [0.1, 0.15) is 5.75 Å². The fourth-order valence-electron chi connectivity index (χ4n) is 3.13. The molecule has 0 aliphatic carbocycles. The molecule has 2 aromatic rings. The number of nitrogens with zero attached hydrogens (tertiary/aromatic N) is 1. The van der Waals surface area contributed by atoms with Gasteiger partial charge in [0.05, 0.1) is 10.7 Å². The predicted molar refractivity (Wildman–Crippen MR) is 106 cm³/mol. The van der Waals surface area contributed by atoms with Gasteiger partial charge >= 0.3 is 0 Å². The lowest BCUT2D eigenvalue weighted by Gasteiger charge is -2.21. The number of rotatable bonds is 4. The van der Waals surface area contributed by atoms with E-state index >= 15 is 0 Å². The minimum Gasteiger partial charge on any atom is -0.454 e. The van der Waals surface area contributed by atoms with Crippen molar-refractivity contribution in [3.8, 4) is 11.5 Å². The van der Waals surface area contributed by atoms with Crippen molar-refractivity contribution >= 4 is 34.8 Å². The fraction of sp³-hybridized carbons (Fsp3) is 0.350. The van der Waals surface area contributed by atoms with E-state index in [4.69, 9.17) is 27.9 Å². The molecule has 0 saturated carbocycles. The van der Waals surface area contributed by atoms with Gasteiger partial charge in [-0.15, -0.1) is 0 Å². The van der Waals surface area contributed by atoms with Crippen LogP contribution in [0, 0.1) is 0 Å². The zero-order valence-electron chi connectivity index (χ0n) is 14.7. The monoisotopic (exact) mass is 392 g/mol. The molecule has 0 aromatic heterocycles. The summed E-state index contributed by atoms with van der Waals surface area (Å²) in [5.74, 6) is 1.42. The number of anilines is 1. The van der Waals surface area contributed by atoms with Crippen molar-refractivity contribution < 1.29 is 9.53 Å². The maximum absolute atomic E-state index is 11.6. The summed E-state index contributed by atoms with van der Waals surface area (Å²) >= 11 is 12.2. The van der Waals surface area contributed by atoms with Crippen molar-refractivity contribution in [1.82, 2.24) is 4.90 Å². The first kappa shape index (κ1) is 18.9. The lowest BCUT2D eigenvalue weighted by Crippen LogP contribution is -2.30. The first-order chi connectivity index (χ1) is 12.5. The van der Waals surface area contributed by atoms with E-state index in [1.807, 2.05) is 29.2 Å². The molecule has 2 aromatic carbocycles. The number of amides is 1. The van der Waals surface area contributed by atoms with Crippen LogP contribution >= 0.6 is 23.2 Å². The second-order valence-corrected chi connectivity index (χ2v) is 7.29. The summed E-state index contributed by atoms with van der Waals surface area (Å²) in [6.07, 6.45) is 2.92. The van der Waals surface area contributed by atoms with Gasteiger partial charge in [-0.25, -0.2) is 0 Å². The van der Waals surface area contributed by atoms with E-state index < -0.39 is 0 Å². The standard InChI is InChI=1S/C20H22Cl2N2O2/c1-14(25)24-11-4-5-16(10-12-24)23-18-6-2-3-7-20(18)26-19-9-8-15(21)13-17(19)22/h2-3,6-9,13,16,23H,4-5,10-12H2,1H3. The molecule has 138 valence electrons. The van der Waals surface area contributed by atoms with Crippen molar-refractivity contribution in [2.45, 2.75) is 32.2 Å². The Kier molecular flexibility index (Phi) is 6.28. The highest BCUT2D eigenvalue weighted by Crippen LogP contribution is 2.35. The lowest BCUT2D eigenvalue weighted by molar-refractivity contribution is -0.128. The molecule has 0 bridgehead atoms. The summed E-state index contributed by atoms with van der Waals surface area (Å²) in [6, 6.07) is 13.3. The Bertz CT molecular complexity index is 782. The molecule has 3 rings (SSSR count). The average molecular weight is 393 g/mol. The minimum absolute atomic E-state index is 0.145. The largest absolute Gasteiger partial charge is 0.454 e. The number of nitrogens with one attached hydrogen (secondary N) is 1. The van der Waals surface area contributed by atoms with Gasteiger partial charge in [-0.05, 0) is 49.6 Å². The van der Waals surface area contributed by atoms with Crippen molar-refractivity contribution in [3.05, 3.63) is 52.5 Å². The molecule has 1 aliphatic rings. The van der Waals surface area contributed by atoms with E-state index in [2.05, 4.69) is 5.32 Å². The van der Waals surface area contributed by atoms with Crippen molar-refractivity contribution in [2.24, 2.45) is 0 Å². The number of hydrogen-bond acceptors (Lipinski definition) is 3. The molecule has 1 atom stereocenters. The van der Waals surface area contributed by atoms with Crippen molar-refractivity contribution in [2.75, 3.05) is 18.4 Å². The molecule has 1 saturated heterocycles. The van der Waals surface area contributed by atoms with E-state index in [1.165, 1.54) is 0 Å². The maximum atomic E-state index is 11.6. The first-order valence-electron chi connectivity index (χ1n) is 8.77. The number of benzene rings is 2. The van der Waals surface area contributed by atoms with E-state index in [9.17, 15) is 4.79 Å². The Labute approximate surface area is 164 Å². The van der Waals surface area contributed by atoms with E-state index in [0.29, 0.717) is 27.6 Å². The first-order valence-corrected chi connectivity index (χ1v) is 9.52. The molecular formula is C20H22Cl2N2O2. The van der Waals surface area contributed by atoms with Crippen LogP contribution in [-0.4, -0.2) is 29.9 Å². The molecule has 1 N–H and O–H groups in total. The van der Waals surface area contributed by atoms with Gasteiger partial charge in [-0.2, -0.15) is 0 Å². The maximum Gasteiger partial charge on any atom is 0.219 e. The van der Waals surface area contributed by atoms with Gasteiger partial charge in [-0.1, -0.05) is 35.3 Å². The molecule has 6 heteroatoms. The lowest BCUT2D eigenvalue weighted by atomic mass is 10.1. The molecule has 1 heterocycles. The van der Waals surface area contributed by atoms with Gasteiger partial charge in [-0.3, -0.25) is 4.79 Å². The summed E-state index contributed by atoms with van der Waals surface area (Å²) in [7, 11) is 0. The highest BCUT2D eigenvalue weighted by Gasteiger charge is 2.19. The summed E-state index contributed by atoms with van der Waals surface area (Å²) in [5.41, 5.74) is 0.916. The zero-order chi connectivity index (χ0) is 18.5. The number of likely N-dealkylation sites (tertiary alicyclic amines) is 1. The predicted octanol–water partition coefficient (Wildman–Crippen LogP) is 5.60. The fourth-order valence-corrected chi connectivity index (χ4v) is 3.57. The molecule has 1 fully saturated rings. The van der Waals surface area contributed by atoms with Crippen LogP contribution in [0.2, 0.25) is 10.0 Å². The SMILES string of the molecule is CC(=O)N1CCCC(Nc2ccccc2Oc2ccc(Cl)cc2Cl)CC1. The summed E-state index contributed by atoms with van der Waals surface area (Å²) < 4.78 is 6.01. The van der Waals surface area contributed by atoms with E-state index in [1.54, 1.807) is 25.1 Å². The number of halogens is 2. The van der Waals surface area contributed by atoms with Crippen LogP contribution in [-0.2, 0) is 4.79 Å². The third-order valence-corrected chi connectivity index (χ3v) is 5.06. The number of carbonyl (C=O) groups is 1. The molecular weight excluding hydrogens is 371 g/mol. The number of carbonyl (C=O) groups excluding carboxylic acids is 1. The molecule has 4 nitrogen and oxygen atoms in total. The van der Waals surface area contributed by atoms with Crippen molar-refractivity contribution in [3.63, 3.8) is 0 Å². The smallest absolute Gasteiger partial charge is 0.219 e. The zero-order valence-corrected chi connectivity index (χ0v) is 16.2. The van der Waals surface area contributed by atoms with Gasteiger partial charge in [0.15, 0.2) is 5.75 Å². The van der Waals surface area contributed by atoms with Crippen LogP contribution in [0.25, 0.3) is 0 Å². The van der Waals surface area contributed by atoms with E-state index in [-0.39, 0.29) is 5.91 Å². The third kappa shape index (κ3) is 4.83. The normalized spacial score (nSPS) is 17.5. The molecule has 1 amide bonds. The number of para-hydroxylation sites is 2. The van der Waals surface area contributed by atoms with Crippen molar-refractivity contribution in [1.29, 1.82) is 0 Å². The third-order valence-electron chi connectivity index (χ3n) is 4.53. The van der Waals surface area contributed by atoms with Crippen LogP contribution in [0.3, 0.4) is 0 Å². The Morgan fingerprint density at radius 2 is 1.92 bits per heavy atom.